The molecule has 25 heavy (non-hydrogen) atoms. The molecule has 1 aromatic heterocycles. The summed E-state index contributed by atoms with van der Waals surface area (Å²) in [6.07, 6.45) is 1.59. The largest absolute Gasteiger partial charge is 0.465 e. The number of hydrogen-bond acceptors (Lipinski definition) is 5. The van der Waals surface area contributed by atoms with Gasteiger partial charge in [0.1, 0.15) is 4.88 Å². The molecule has 1 amide bonds. The molecule has 0 fully saturated rings. The third kappa shape index (κ3) is 5.39. The molecule has 0 atom stereocenters. The van der Waals surface area contributed by atoms with E-state index in [1.54, 1.807) is 12.1 Å². The number of thiazole rings is 1. The van der Waals surface area contributed by atoms with Crippen molar-refractivity contribution in [3.8, 4) is 0 Å². The first kappa shape index (κ1) is 19.1. The Labute approximate surface area is 152 Å². The van der Waals surface area contributed by atoms with Gasteiger partial charge in [-0.25, -0.2) is 9.78 Å². The van der Waals surface area contributed by atoms with Crippen LogP contribution in [0.15, 0.2) is 24.3 Å². The van der Waals surface area contributed by atoms with Gasteiger partial charge in [-0.1, -0.05) is 26.0 Å². The quantitative estimate of drug-likeness (QED) is 0.768. The molecule has 1 aromatic carbocycles. The van der Waals surface area contributed by atoms with Crippen molar-refractivity contribution in [1.29, 1.82) is 0 Å². The van der Waals surface area contributed by atoms with Crippen molar-refractivity contribution in [3.05, 3.63) is 51.0 Å². The molecule has 0 saturated heterocycles. The zero-order valence-electron chi connectivity index (χ0n) is 15.1. The molecule has 0 aliphatic carbocycles. The van der Waals surface area contributed by atoms with E-state index in [0.717, 1.165) is 22.7 Å². The molecule has 134 valence electrons. The Morgan fingerprint density at radius 2 is 1.92 bits per heavy atom. The van der Waals surface area contributed by atoms with Gasteiger partial charge in [0.2, 0.25) is 0 Å². The minimum Gasteiger partial charge on any atom is -0.465 e. The molecule has 0 aliphatic rings. The maximum Gasteiger partial charge on any atom is 0.337 e. The molecule has 1 N–H and O–H groups in total. The van der Waals surface area contributed by atoms with Crippen molar-refractivity contribution < 1.29 is 14.3 Å². The first-order valence-corrected chi connectivity index (χ1v) is 9.14. The number of aryl methyl sites for hydroxylation is 1. The average Bonchev–Trinajstić information content (AvgIpc) is 2.94. The van der Waals surface area contributed by atoms with Crippen LogP contribution >= 0.6 is 11.3 Å². The summed E-state index contributed by atoms with van der Waals surface area (Å²) in [4.78, 5) is 28.9. The molecule has 5 nitrogen and oxygen atoms in total. The van der Waals surface area contributed by atoms with Crippen molar-refractivity contribution in [1.82, 2.24) is 10.3 Å². The Bertz CT molecular complexity index is 736. The van der Waals surface area contributed by atoms with Gasteiger partial charge in [0.05, 0.1) is 23.4 Å². The van der Waals surface area contributed by atoms with Gasteiger partial charge >= 0.3 is 5.97 Å². The molecule has 0 bridgehead atoms. The Morgan fingerprint density at radius 3 is 2.52 bits per heavy atom. The number of esters is 1. The minimum absolute atomic E-state index is 0.0730. The van der Waals surface area contributed by atoms with Gasteiger partial charge in [0.25, 0.3) is 5.91 Å². The number of hydrogen-bond donors (Lipinski definition) is 1. The first-order chi connectivity index (χ1) is 11.9. The second-order valence-electron chi connectivity index (χ2n) is 6.31. The number of carbonyl (C=O) groups excluding carboxylic acids is 2. The summed E-state index contributed by atoms with van der Waals surface area (Å²) in [7, 11) is 1.36. The van der Waals surface area contributed by atoms with E-state index in [1.165, 1.54) is 18.4 Å². The van der Waals surface area contributed by atoms with Gasteiger partial charge in [-0.2, -0.15) is 0 Å². The minimum atomic E-state index is -0.349. The highest BCUT2D eigenvalue weighted by atomic mass is 32.1. The Morgan fingerprint density at radius 1 is 1.24 bits per heavy atom. The van der Waals surface area contributed by atoms with E-state index in [9.17, 15) is 9.59 Å². The van der Waals surface area contributed by atoms with Gasteiger partial charge in [-0.05, 0) is 37.0 Å². The number of rotatable bonds is 7. The molecule has 2 aromatic rings. The normalized spacial score (nSPS) is 10.8. The lowest BCUT2D eigenvalue weighted by Crippen LogP contribution is -2.25. The third-order valence-corrected chi connectivity index (χ3v) is 4.88. The molecular formula is C19H24N2O3S. The molecule has 0 unspecified atom stereocenters. The maximum absolute atomic E-state index is 12.3. The summed E-state index contributed by atoms with van der Waals surface area (Å²) in [5.41, 5.74) is 2.36. The fraction of sp³-hybridized carbons (Fsp3) is 0.421. The lowest BCUT2D eigenvalue weighted by molar-refractivity contribution is 0.0600. The number of benzene rings is 1. The number of nitrogens with zero attached hydrogens (tertiary/aromatic N) is 1. The molecule has 0 aliphatic heterocycles. The maximum atomic E-state index is 12.3. The predicted octanol–water partition coefficient (Wildman–Crippen LogP) is 3.41. The highest BCUT2D eigenvalue weighted by molar-refractivity contribution is 7.13. The molecule has 2 rings (SSSR count). The van der Waals surface area contributed by atoms with Gasteiger partial charge in [-0.3, -0.25) is 4.79 Å². The van der Waals surface area contributed by atoms with Crippen LogP contribution < -0.4 is 5.32 Å². The van der Waals surface area contributed by atoms with Gasteiger partial charge in [0.15, 0.2) is 0 Å². The third-order valence-electron chi connectivity index (χ3n) is 3.70. The standard InChI is InChI=1S/C19H24N2O3S/c1-12(2)11-16-21-13(3)17(25-16)18(22)20-10-9-14-5-7-15(8-6-14)19(23)24-4/h5-8,12H,9-11H2,1-4H3,(H,20,22). The number of aromatic nitrogens is 1. The summed E-state index contributed by atoms with van der Waals surface area (Å²) in [6.45, 7) is 6.69. The molecule has 0 saturated carbocycles. The number of amides is 1. The zero-order chi connectivity index (χ0) is 18.4. The number of carbonyl (C=O) groups is 2. The first-order valence-electron chi connectivity index (χ1n) is 8.32. The Kier molecular flexibility index (Phi) is 6.70. The van der Waals surface area contributed by atoms with Crippen molar-refractivity contribution >= 4 is 23.2 Å². The van der Waals surface area contributed by atoms with E-state index in [0.29, 0.717) is 29.3 Å². The van der Waals surface area contributed by atoms with Crippen molar-refractivity contribution in [3.63, 3.8) is 0 Å². The number of nitrogens with one attached hydrogen (secondary N) is 1. The van der Waals surface area contributed by atoms with Gasteiger partial charge in [0, 0.05) is 13.0 Å². The van der Waals surface area contributed by atoms with Gasteiger partial charge < -0.3 is 10.1 Å². The van der Waals surface area contributed by atoms with E-state index >= 15 is 0 Å². The fourth-order valence-electron chi connectivity index (χ4n) is 2.43. The van der Waals surface area contributed by atoms with Crippen LogP contribution in [0.4, 0.5) is 0 Å². The summed E-state index contributed by atoms with van der Waals surface area (Å²) < 4.78 is 4.67. The topological polar surface area (TPSA) is 68.3 Å². The summed E-state index contributed by atoms with van der Waals surface area (Å²) in [5.74, 6) is 0.100. The molecule has 1 heterocycles. The predicted molar refractivity (Wildman–Crippen MR) is 99.2 cm³/mol. The lowest BCUT2D eigenvalue weighted by atomic mass is 10.1. The van der Waals surface area contributed by atoms with Crippen LogP contribution in [0.1, 0.15) is 50.1 Å². The second-order valence-corrected chi connectivity index (χ2v) is 7.40. The zero-order valence-corrected chi connectivity index (χ0v) is 15.9. The van der Waals surface area contributed by atoms with Crippen LogP contribution in [-0.4, -0.2) is 30.5 Å². The molecule has 6 heteroatoms. The highest BCUT2D eigenvalue weighted by Crippen LogP contribution is 2.20. The van der Waals surface area contributed by atoms with E-state index in [4.69, 9.17) is 0 Å². The lowest BCUT2D eigenvalue weighted by Gasteiger charge is -2.05. The Balaban J connectivity index is 1.88. The van der Waals surface area contributed by atoms with Crippen molar-refractivity contribution in [2.75, 3.05) is 13.7 Å². The second kappa shape index (κ2) is 8.76. The SMILES string of the molecule is COC(=O)c1ccc(CCNC(=O)c2sc(CC(C)C)nc2C)cc1. The molecular weight excluding hydrogens is 336 g/mol. The Hall–Kier alpha value is -2.21. The van der Waals surface area contributed by atoms with Crippen LogP contribution in [0.3, 0.4) is 0 Å². The van der Waals surface area contributed by atoms with E-state index in [-0.39, 0.29) is 11.9 Å². The summed E-state index contributed by atoms with van der Waals surface area (Å²) in [5, 5.41) is 3.95. The highest BCUT2D eigenvalue weighted by Gasteiger charge is 2.15. The van der Waals surface area contributed by atoms with Crippen LogP contribution in [0.5, 0.6) is 0 Å². The van der Waals surface area contributed by atoms with Crippen LogP contribution in [0, 0.1) is 12.8 Å². The van der Waals surface area contributed by atoms with Gasteiger partial charge in [-0.15, -0.1) is 11.3 Å². The summed E-state index contributed by atoms with van der Waals surface area (Å²) in [6, 6.07) is 7.21. The molecule has 0 radical (unpaired) electrons. The van der Waals surface area contributed by atoms with E-state index < -0.39 is 0 Å². The van der Waals surface area contributed by atoms with Crippen LogP contribution in [-0.2, 0) is 17.6 Å². The number of ether oxygens (including phenoxy) is 1. The summed E-state index contributed by atoms with van der Waals surface area (Å²) >= 11 is 1.48. The van der Waals surface area contributed by atoms with Crippen molar-refractivity contribution in [2.45, 2.75) is 33.6 Å². The fourth-order valence-corrected chi connectivity index (χ4v) is 3.62. The van der Waals surface area contributed by atoms with Crippen LogP contribution in [0.25, 0.3) is 0 Å². The number of methoxy groups -OCH3 is 1. The smallest absolute Gasteiger partial charge is 0.337 e. The monoisotopic (exact) mass is 360 g/mol. The van der Waals surface area contributed by atoms with E-state index in [1.807, 2.05) is 19.1 Å². The molecule has 0 spiro atoms. The van der Waals surface area contributed by atoms with E-state index in [2.05, 4.69) is 28.9 Å². The van der Waals surface area contributed by atoms with Crippen LogP contribution in [0.2, 0.25) is 0 Å². The average molecular weight is 360 g/mol. The van der Waals surface area contributed by atoms with Crippen molar-refractivity contribution in [2.24, 2.45) is 5.92 Å².